The van der Waals surface area contributed by atoms with Gasteiger partial charge in [-0.05, 0) is 32.1 Å². The van der Waals surface area contributed by atoms with E-state index in [9.17, 15) is 48.9 Å². The van der Waals surface area contributed by atoms with E-state index in [4.69, 9.17) is 5.11 Å². The van der Waals surface area contributed by atoms with Crippen LogP contribution in [0.5, 0.6) is 0 Å². The number of carbonyl (C=O) groups is 7. The molecule has 0 saturated carbocycles. The molecular weight excluding hydrogens is 558 g/mol. The molecule has 16 nitrogen and oxygen atoms in total. The molecule has 0 aromatic heterocycles. The zero-order valence-corrected chi connectivity index (χ0v) is 24.1. The number of carbonyl (C=O) groups excluding carboxylic acids is 5. The number of aliphatic hydroxyl groups is 2. The van der Waals surface area contributed by atoms with Gasteiger partial charge in [-0.2, -0.15) is 0 Å². The Morgan fingerprint density at radius 3 is 1.40 bits per heavy atom. The standard InChI is InChI=1S/C26H45N5O11/c1-3-4-13-27-21(35)9-5-17(14-32)29-23(37)12-8-20(26(41)42)31-24(38)10-6-18(15-33)30-22(36)11-7-19(25(39)40)28-16(2)34/h17-20,32-33H,3-15H2,1-2H3,(H,27,35)(H,28,34)(H,29,37)(H,30,36)(H,31,38)(H,39,40)(H,41,42)/t17-,18-,19?,20?/m0/s1. The monoisotopic (exact) mass is 603 g/mol. The van der Waals surface area contributed by atoms with Gasteiger partial charge >= 0.3 is 11.9 Å². The Balaban J connectivity index is 4.62. The lowest BCUT2D eigenvalue weighted by Crippen LogP contribution is -2.44. The van der Waals surface area contributed by atoms with Gasteiger partial charge in [0.2, 0.25) is 29.5 Å². The maximum atomic E-state index is 12.3. The highest BCUT2D eigenvalue weighted by Gasteiger charge is 2.24. The number of carboxylic acids is 2. The first kappa shape index (κ1) is 38.2. The largest absolute Gasteiger partial charge is 0.480 e. The third kappa shape index (κ3) is 18.5. The quantitative estimate of drug-likeness (QED) is 0.0585. The van der Waals surface area contributed by atoms with Gasteiger partial charge in [0.1, 0.15) is 12.1 Å². The number of rotatable bonds is 23. The molecule has 42 heavy (non-hydrogen) atoms. The smallest absolute Gasteiger partial charge is 0.326 e. The van der Waals surface area contributed by atoms with Gasteiger partial charge in [-0.3, -0.25) is 24.0 Å². The predicted octanol–water partition coefficient (Wildman–Crippen LogP) is -1.86. The number of aliphatic carboxylic acids is 2. The van der Waals surface area contributed by atoms with Crippen LogP contribution in [0.1, 0.15) is 78.1 Å². The molecule has 0 aliphatic rings. The maximum absolute atomic E-state index is 12.3. The lowest BCUT2D eigenvalue weighted by atomic mass is 10.1. The van der Waals surface area contributed by atoms with Gasteiger partial charge in [0, 0.05) is 39.2 Å². The summed E-state index contributed by atoms with van der Waals surface area (Å²) in [6, 6.07) is -4.23. The second-order valence-corrected chi connectivity index (χ2v) is 9.80. The fraction of sp³-hybridized carbons (Fsp3) is 0.731. The fourth-order valence-corrected chi connectivity index (χ4v) is 3.70. The summed E-state index contributed by atoms with van der Waals surface area (Å²) in [6.07, 6.45) is 0.739. The number of nitrogens with one attached hydrogen (secondary N) is 5. The average molecular weight is 604 g/mol. The van der Waals surface area contributed by atoms with Crippen molar-refractivity contribution in [2.75, 3.05) is 19.8 Å². The Bertz CT molecular complexity index is 915. The first-order valence-electron chi connectivity index (χ1n) is 13.9. The predicted molar refractivity (Wildman–Crippen MR) is 148 cm³/mol. The van der Waals surface area contributed by atoms with E-state index in [1.54, 1.807) is 0 Å². The van der Waals surface area contributed by atoms with E-state index in [-0.39, 0.29) is 57.3 Å². The van der Waals surface area contributed by atoms with Gasteiger partial charge in [-0.25, -0.2) is 9.59 Å². The Morgan fingerprint density at radius 1 is 0.595 bits per heavy atom. The summed E-state index contributed by atoms with van der Waals surface area (Å²) >= 11 is 0. The van der Waals surface area contributed by atoms with Crippen LogP contribution in [0.3, 0.4) is 0 Å². The lowest BCUT2D eigenvalue weighted by molar-refractivity contribution is -0.142. The summed E-state index contributed by atoms with van der Waals surface area (Å²) in [5.74, 6) is -5.34. The van der Waals surface area contributed by atoms with Crippen LogP contribution in [0.15, 0.2) is 0 Å². The summed E-state index contributed by atoms with van der Waals surface area (Å²) in [6.45, 7) is 2.72. The third-order valence-electron chi connectivity index (χ3n) is 6.09. The zero-order valence-electron chi connectivity index (χ0n) is 24.1. The van der Waals surface area contributed by atoms with Crippen molar-refractivity contribution in [3.8, 4) is 0 Å². The van der Waals surface area contributed by atoms with Crippen molar-refractivity contribution in [1.29, 1.82) is 0 Å². The number of hydrogen-bond donors (Lipinski definition) is 9. The molecule has 0 radical (unpaired) electrons. The van der Waals surface area contributed by atoms with Crippen LogP contribution in [-0.2, 0) is 33.6 Å². The van der Waals surface area contributed by atoms with Gasteiger partial charge < -0.3 is 47.0 Å². The van der Waals surface area contributed by atoms with Crippen LogP contribution in [0, 0.1) is 0 Å². The molecule has 0 heterocycles. The Kier molecular flexibility index (Phi) is 19.9. The molecule has 0 spiro atoms. The van der Waals surface area contributed by atoms with Crippen molar-refractivity contribution in [2.45, 2.75) is 102 Å². The van der Waals surface area contributed by atoms with E-state index < -0.39 is 72.9 Å². The van der Waals surface area contributed by atoms with Gasteiger partial charge in [-0.15, -0.1) is 0 Å². The first-order valence-corrected chi connectivity index (χ1v) is 13.9. The van der Waals surface area contributed by atoms with E-state index in [0.29, 0.717) is 6.54 Å². The Labute approximate surface area is 244 Å². The molecule has 0 saturated heterocycles. The summed E-state index contributed by atoms with van der Waals surface area (Å²) < 4.78 is 0. The molecule has 0 fully saturated rings. The molecule has 240 valence electrons. The van der Waals surface area contributed by atoms with Crippen LogP contribution in [0.25, 0.3) is 0 Å². The van der Waals surface area contributed by atoms with E-state index >= 15 is 0 Å². The molecule has 16 heteroatoms. The fourth-order valence-electron chi connectivity index (χ4n) is 3.70. The molecule has 9 N–H and O–H groups in total. The van der Waals surface area contributed by atoms with Crippen molar-refractivity contribution in [3.63, 3.8) is 0 Å². The molecule has 0 aliphatic heterocycles. The Hall–Kier alpha value is -3.79. The van der Waals surface area contributed by atoms with Gasteiger partial charge in [0.25, 0.3) is 0 Å². The minimum atomic E-state index is -1.40. The van der Waals surface area contributed by atoms with Gasteiger partial charge in [0.15, 0.2) is 0 Å². The van der Waals surface area contributed by atoms with Crippen LogP contribution >= 0.6 is 0 Å². The first-order chi connectivity index (χ1) is 19.8. The molecular formula is C26H45N5O11. The molecule has 2 unspecified atom stereocenters. The number of amides is 5. The highest BCUT2D eigenvalue weighted by molar-refractivity contribution is 5.85. The van der Waals surface area contributed by atoms with Crippen LogP contribution < -0.4 is 26.6 Å². The Morgan fingerprint density at radius 2 is 1.00 bits per heavy atom. The maximum Gasteiger partial charge on any atom is 0.326 e. The molecule has 0 aliphatic carbocycles. The number of hydrogen-bond acceptors (Lipinski definition) is 9. The van der Waals surface area contributed by atoms with Crippen LogP contribution in [0.4, 0.5) is 0 Å². The summed E-state index contributed by atoms with van der Waals surface area (Å²) in [5, 5.41) is 49.7. The average Bonchev–Trinajstić information content (AvgIpc) is 2.92. The van der Waals surface area contributed by atoms with Crippen LogP contribution in [0.2, 0.25) is 0 Å². The molecule has 4 atom stereocenters. The number of unbranched alkanes of at least 4 members (excludes halogenated alkanes) is 1. The van der Waals surface area contributed by atoms with E-state index in [0.717, 1.165) is 19.8 Å². The summed E-state index contributed by atoms with van der Waals surface area (Å²) in [7, 11) is 0. The SMILES string of the molecule is CCCCNC(=O)CC[C@@H](CO)NC(=O)CCC(NC(=O)CC[C@@H](CO)NC(=O)CCC(NC(C)=O)C(=O)O)C(=O)O. The zero-order chi connectivity index (χ0) is 32.1. The topological polar surface area (TPSA) is 261 Å². The van der Waals surface area contributed by atoms with E-state index in [2.05, 4.69) is 26.6 Å². The minimum Gasteiger partial charge on any atom is -0.480 e. The van der Waals surface area contributed by atoms with Gasteiger partial charge in [0.05, 0.1) is 25.3 Å². The summed E-state index contributed by atoms with van der Waals surface area (Å²) in [4.78, 5) is 82.4. The van der Waals surface area contributed by atoms with Crippen molar-refractivity contribution in [2.24, 2.45) is 0 Å². The molecule has 5 amide bonds. The highest BCUT2D eigenvalue weighted by atomic mass is 16.4. The molecule has 0 aromatic rings. The second-order valence-electron chi connectivity index (χ2n) is 9.80. The van der Waals surface area contributed by atoms with Gasteiger partial charge in [-0.1, -0.05) is 13.3 Å². The van der Waals surface area contributed by atoms with Crippen molar-refractivity contribution >= 4 is 41.5 Å². The minimum absolute atomic E-state index is 0.0564. The van der Waals surface area contributed by atoms with Crippen molar-refractivity contribution in [1.82, 2.24) is 26.6 Å². The summed E-state index contributed by atoms with van der Waals surface area (Å²) in [5.41, 5.74) is 0. The molecule has 0 bridgehead atoms. The molecule has 0 aromatic carbocycles. The highest BCUT2D eigenvalue weighted by Crippen LogP contribution is 2.05. The normalized spacial score (nSPS) is 13.5. The second kappa shape index (κ2) is 21.9. The third-order valence-corrected chi connectivity index (χ3v) is 6.09. The molecule has 0 rings (SSSR count). The number of aliphatic hydroxyl groups excluding tert-OH is 2. The van der Waals surface area contributed by atoms with Crippen LogP contribution in [-0.4, -0.2) is 106 Å². The van der Waals surface area contributed by atoms with E-state index in [1.165, 1.54) is 0 Å². The van der Waals surface area contributed by atoms with E-state index in [1.807, 2.05) is 6.92 Å². The lowest BCUT2D eigenvalue weighted by Gasteiger charge is -2.19. The number of carboxylic acid groups (broad SMARTS) is 2. The van der Waals surface area contributed by atoms with Crippen molar-refractivity contribution in [3.05, 3.63) is 0 Å². The van der Waals surface area contributed by atoms with Crippen molar-refractivity contribution < 1.29 is 54.0 Å².